The molecule has 2 rings (SSSR count). The molecule has 2 N–H and O–H groups in total. The number of nitrogens with one attached hydrogen (secondary N) is 2. The standard InChI is InChI=1S/C14H25N3O3/c1-2-20-14(19)16-12-6-4-8-17(10-12)13(18)9-11-5-3-7-15-11/h11-12,15H,2-10H2,1H3,(H,16,19). The van der Waals surface area contributed by atoms with Crippen LogP contribution in [-0.2, 0) is 9.53 Å². The minimum Gasteiger partial charge on any atom is -0.450 e. The number of alkyl carbamates (subject to hydrolysis) is 1. The molecule has 0 aliphatic carbocycles. The van der Waals surface area contributed by atoms with Crippen molar-refractivity contribution in [2.24, 2.45) is 0 Å². The Labute approximate surface area is 120 Å². The van der Waals surface area contributed by atoms with Crippen molar-refractivity contribution in [2.45, 2.75) is 51.1 Å². The molecule has 2 atom stereocenters. The quantitative estimate of drug-likeness (QED) is 0.803. The predicted molar refractivity (Wildman–Crippen MR) is 75.4 cm³/mol. The number of amides is 2. The van der Waals surface area contributed by atoms with Crippen LogP contribution in [0.25, 0.3) is 0 Å². The van der Waals surface area contributed by atoms with E-state index in [0.29, 0.717) is 25.6 Å². The molecule has 2 heterocycles. The minimum atomic E-state index is -0.385. The monoisotopic (exact) mass is 283 g/mol. The van der Waals surface area contributed by atoms with Gasteiger partial charge in [-0.1, -0.05) is 0 Å². The molecule has 114 valence electrons. The third-order valence-electron chi connectivity index (χ3n) is 3.95. The van der Waals surface area contributed by atoms with E-state index < -0.39 is 0 Å². The summed E-state index contributed by atoms with van der Waals surface area (Å²) in [6.45, 7) is 4.57. The van der Waals surface area contributed by atoms with Crippen LogP contribution in [-0.4, -0.2) is 55.2 Å². The van der Waals surface area contributed by atoms with E-state index in [4.69, 9.17) is 4.74 Å². The Morgan fingerprint density at radius 2 is 2.20 bits per heavy atom. The summed E-state index contributed by atoms with van der Waals surface area (Å²) in [5.74, 6) is 0.194. The third kappa shape index (κ3) is 4.37. The van der Waals surface area contributed by atoms with Crippen LogP contribution in [0, 0.1) is 0 Å². The molecular formula is C14H25N3O3. The van der Waals surface area contributed by atoms with E-state index >= 15 is 0 Å². The van der Waals surface area contributed by atoms with Gasteiger partial charge in [0, 0.05) is 31.6 Å². The molecule has 0 bridgehead atoms. The van der Waals surface area contributed by atoms with Crippen LogP contribution in [0.5, 0.6) is 0 Å². The Morgan fingerprint density at radius 1 is 1.35 bits per heavy atom. The Hall–Kier alpha value is -1.30. The van der Waals surface area contributed by atoms with E-state index in [0.717, 1.165) is 38.8 Å². The van der Waals surface area contributed by atoms with E-state index in [1.54, 1.807) is 6.92 Å². The highest BCUT2D eigenvalue weighted by molar-refractivity contribution is 5.77. The molecule has 2 aliphatic heterocycles. The van der Waals surface area contributed by atoms with E-state index in [2.05, 4.69) is 10.6 Å². The van der Waals surface area contributed by atoms with Crippen molar-refractivity contribution >= 4 is 12.0 Å². The molecule has 20 heavy (non-hydrogen) atoms. The third-order valence-corrected chi connectivity index (χ3v) is 3.95. The molecule has 0 aromatic carbocycles. The fourth-order valence-electron chi connectivity index (χ4n) is 2.93. The molecule has 2 unspecified atom stereocenters. The number of rotatable bonds is 4. The van der Waals surface area contributed by atoms with Gasteiger partial charge in [0.25, 0.3) is 0 Å². The number of nitrogens with zero attached hydrogens (tertiary/aromatic N) is 1. The highest BCUT2D eigenvalue weighted by Crippen LogP contribution is 2.15. The van der Waals surface area contributed by atoms with Crippen molar-refractivity contribution in [1.82, 2.24) is 15.5 Å². The molecular weight excluding hydrogens is 258 g/mol. The largest absolute Gasteiger partial charge is 0.450 e. The van der Waals surface area contributed by atoms with Gasteiger partial charge >= 0.3 is 6.09 Å². The van der Waals surface area contributed by atoms with Gasteiger partial charge in [0.2, 0.25) is 5.91 Å². The Kier molecular flexibility index (Phi) is 5.64. The van der Waals surface area contributed by atoms with Crippen LogP contribution in [0.15, 0.2) is 0 Å². The van der Waals surface area contributed by atoms with Gasteiger partial charge in [-0.3, -0.25) is 4.79 Å². The SMILES string of the molecule is CCOC(=O)NC1CCCN(C(=O)CC2CCCN2)C1. The van der Waals surface area contributed by atoms with Crippen molar-refractivity contribution in [3.8, 4) is 0 Å². The zero-order valence-corrected chi connectivity index (χ0v) is 12.2. The summed E-state index contributed by atoms with van der Waals surface area (Å²) in [4.78, 5) is 25.5. The molecule has 0 aromatic rings. The number of carbonyl (C=O) groups excluding carboxylic acids is 2. The van der Waals surface area contributed by atoms with Gasteiger partial charge in [-0.15, -0.1) is 0 Å². The van der Waals surface area contributed by atoms with E-state index in [1.165, 1.54) is 0 Å². The number of piperidine rings is 1. The van der Waals surface area contributed by atoms with Gasteiger partial charge in [-0.2, -0.15) is 0 Å². The number of hydrogen-bond donors (Lipinski definition) is 2. The molecule has 6 nitrogen and oxygen atoms in total. The fourth-order valence-corrected chi connectivity index (χ4v) is 2.93. The average molecular weight is 283 g/mol. The van der Waals surface area contributed by atoms with Crippen molar-refractivity contribution in [1.29, 1.82) is 0 Å². The summed E-state index contributed by atoms with van der Waals surface area (Å²) in [5.41, 5.74) is 0. The molecule has 6 heteroatoms. The van der Waals surface area contributed by atoms with Crippen molar-refractivity contribution in [3.63, 3.8) is 0 Å². The lowest BCUT2D eigenvalue weighted by atomic mass is 10.0. The molecule has 2 aliphatic rings. The zero-order valence-electron chi connectivity index (χ0n) is 12.2. The first-order chi connectivity index (χ1) is 9.69. The smallest absolute Gasteiger partial charge is 0.407 e. The first kappa shape index (κ1) is 15.1. The zero-order chi connectivity index (χ0) is 14.4. The average Bonchev–Trinajstić information content (AvgIpc) is 2.92. The summed E-state index contributed by atoms with van der Waals surface area (Å²) in [7, 11) is 0. The van der Waals surface area contributed by atoms with Gasteiger partial charge in [-0.25, -0.2) is 4.79 Å². The van der Waals surface area contributed by atoms with Gasteiger partial charge in [-0.05, 0) is 39.2 Å². The van der Waals surface area contributed by atoms with Crippen molar-refractivity contribution in [2.75, 3.05) is 26.2 Å². The second kappa shape index (κ2) is 7.47. The lowest BCUT2D eigenvalue weighted by molar-refractivity contribution is -0.133. The minimum absolute atomic E-state index is 0.0169. The van der Waals surface area contributed by atoms with Gasteiger partial charge in [0.15, 0.2) is 0 Å². The van der Waals surface area contributed by atoms with Crippen LogP contribution >= 0.6 is 0 Å². The molecule has 0 radical (unpaired) electrons. The summed E-state index contributed by atoms with van der Waals surface area (Å²) >= 11 is 0. The van der Waals surface area contributed by atoms with Crippen LogP contribution in [0.4, 0.5) is 4.79 Å². The first-order valence-corrected chi connectivity index (χ1v) is 7.63. The Bertz CT molecular complexity index is 343. The maximum Gasteiger partial charge on any atom is 0.407 e. The number of carbonyl (C=O) groups is 2. The van der Waals surface area contributed by atoms with Gasteiger partial charge in [0.05, 0.1) is 6.61 Å². The van der Waals surface area contributed by atoms with Crippen LogP contribution in [0.3, 0.4) is 0 Å². The van der Waals surface area contributed by atoms with Crippen LogP contribution in [0.1, 0.15) is 39.0 Å². The Balaban J connectivity index is 1.76. The van der Waals surface area contributed by atoms with Gasteiger partial charge < -0.3 is 20.3 Å². The van der Waals surface area contributed by atoms with E-state index in [1.807, 2.05) is 4.90 Å². The van der Waals surface area contributed by atoms with Crippen LogP contribution < -0.4 is 10.6 Å². The fraction of sp³-hybridized carbons (Fsp3) is 0.857. The van der Waals surface area contributed by atoms with E-state index in [-0.39, 0.29) is 18.0 Å². The molecule has 0 aromatic heterocycles. The summed E-state index contributed by atoms with van der Waals surface area (Å²) < 4.78 is 4.88. The molecule has 2 saturated heterocycles. The molecule has 2 fully saturated rings. The van der Waals surface area contributed by atoms with Crippen molar-refractivity contribution < 1.29 is 14.3 Å². The second-order valence-electron chi connectivity index (χ2n) is 5.54. The van der Waals surface area contributed by atoms with E-state index in [9.17, 15) is 9.59 Å². The second-order valence-corrected chi connectivity index (χ2v) is 5.54. The topological polar surface area (TPSA) is 70.7 Å². The highest BCUT2D eigenvalue weighted by Gasteiger charge is 2.27. The maximum absolute atomic E-state index is 12.3. The lowest BCUT2D eigenvalue weighted by Gasteiger charge is -2.33. The highest BCUT2D eigenvalue weighted by atomic mass is 16.5. The summed E-state index contributed by atoms with van der Waals surface area (Å²) in [5, 5.41) is 6.18. The molecule has 2 amide bonds. The number of ether oxygens (including phenoxy) is 1. The molecule has 0 spiro atoms. The maximum atomic E-state index is 12.3. The number of hydrogen-bond acceptors (Lipinski definition) is 4. The normalized spacial score (nSPS) is 26.4. The molecule has 0 saturated carbocycles. The first-order valence-electron chi connectivity index (χ1n) is 7.63. The predicted octanol–water partition coefficient (Wildman–Crippen LogP) is 0.866. The summed E-state index contributed by atoms with van der Waals surface area (Å²) in [6.07, 6.45) is 4.27. The number of likely N-dealkylation sites (tertiary alicyclic amines) is 1. The lowest BCUT2D eigenvalue weighted by Crippen LogP contribution is -2.50. The summed E-state index contributed by atoms with van der Waals surface area (Å²) in [6, 6.07) is 0.351. The van der Waals surface area contributed by atoms with Gasteiger partial charge in [0.1, 0.15) is 0 Å². The van der Waals surface area contributed by atoms with Crippen molar-refractivity contribution in [3.05, 3.63) is 0 Å². The Morgan fingerprint density at radius 3 is 2.90 bits per heavy atom. The van der Waals surface area contributed by atoms with Crippen LogP contribution in [0.2, 0.25) is 0 Å².